The third-order valence-electron chi connectivity index (χ3n) is 3.89. The molecule has 0 aliphatic rings. The topological polar surface area (TPSA) is 141 Å². The van der Waals surface area contributed by atoms with Crippen LogP contribution in [-0.2, 0) is 21.4 Å². The van der Waals surface area contributed by atoms with E-state index < -0.39 is 27.5 Å². The van der Waals surface area contributed by atoms with Crippen molar-refractivity contribution in [3.63, 3.8) is 0 Å². The highest BCUT2D eigenvalue weighted by Gasteiger charge is 2.16. The molecule has 30 heavy (non-hydrogen) atoms. The number of nitrogens with one attached hydrogen (secondary N) is 2. The van der Waals surface area contributed by atoms with Gasteiger partial charge in [0, 0.05) is 11.8 Å². The summed E-state index contributed by atoms with van der Waals surface area (Å²) in [7, 11) is -3.75. The SMILES string of the molecule is O=C(COc1ccccc1[N+](=O)[O-])Nc1ccc(S(=O)(=O)NCc2ccco2)cc1. The Morgan fingerprint density at radius 2 is 1.80 bits per heavy atom. The number of rotatable bonds is 9. The standard InChI is InChI=1S/C19H17N3O7S/c23-19(13-29-18-6-2-1-5-17(18)22(24)25)21-14-7-9-16(10-8-14)30(26,27)20-12-15-4-3-11-28-15/h1-11,20H,12-13H2,(H,21,23). The molecule has 0 unspecified atom stereocenters. The fraction of sp³-hybridized carbons (Fsp3) is 0.105. The van der Waals surface area contributed by atoms with Gasteiger partial charge in [-0.3, -0.25) is 14.9 Å². The summed E-state index contributed by atoms with van der Waals surface area (Å²) < 4.78 is 37.3. The van der Waals surface area contributed by atoms with Crippen molar-refractivity contribution >= 4 is 27.3 Å². The van der Waals surface area contributed by atoms with Gasteiger partial charge in [-0.2, -0.15) is 0 Å². The first kappa shape index (κ1) is 21.0. The van der Waals surface area contributed by atoms with E-state index in [1.807, 2.05) is 0 Å². The van der Waals surface area contributed by atoms with E-state index in [0.717, 1.165) is 0 Å². The molecular formula is C19H17N3O7S. The van der Waals surface area contributed by atoms with Crippen molar-refractivity contribution in [2.24, 2.45) is 0 Å². The Hall–Kier alpha value is -3.70. The predicted molar refractivity (Wildman–Crippen MR) is 106 cm³/mol. The number of hydrogen-bond donors (Lipinski definition) is 2. The molecule has 10 nitrogen and oxygen atoms in total. The molecule has 1 amide bonds. The van der Waals surface area contributed by atoms with Gasteiger partial charge in [-0.15, -0.1) is 0 Å². The normalized spacial score (nSPS) is 11.1. The maximum atomic E-state index is 12.3. The van der Waals surface area contributed by atoms with Crippen molar-refractivity contribution in [3.05, 3.63) is 82.8 Å². The summed E-state index contributed by atoms with van der Waals surface area (Å²) in [6, 6.07) is 14.5. The van der Waals surface area contributed by atoms with Crippen molar-refractivity contribution < 1.29 is 27.3 Å². The molecule has 0 fully saturated rings. The average Bonchev–Trinajstić information content (AvgIpc) is 3.25. The second-order valence-corrected chi connectivity index (χ2v) is 7.76. The number of anilines is 1. The molecule has 0 aliphatic carbocycles. The van der Waals surface area contributed by atoms with E-state index in [1.54, 1.807) is 18.2 Å². The lowest BCUT2D eigenvalue weighted by atomic mass is 10.3. The van der Waals surface area contributed by atoms with Crippen molar-refractivity contribution in [3.8, 4) is 5.75 Å². The van der Waals surface area contributed by atoms with Gasteiger partial charge >= 0.3 is 5.69 Å². The van der Waals surface area contributed by atoms with E-state index in [2.05, 4.69) is 10.0 Å². The molecule has 1 aromatic heterocycles. The number of carbonyl (C=O) groups excluding carboxylic acids is 1. The van der Waals surface area contributed by atoms with Gasteiger partial charge in [-0.1, -0.05) is 12.1 Å². The lowest BCUT2D eigenvalue weighted by Crippen LogP contribution is -2.23. The molecule has 3 rings (SSSR count). The molecule has 0 saturated heterocycles. The van der Waals surface area contributed by atoms with Gasteiger partial charge in [0.05, 0.1) is 22.6 Å². The first-order valence-corrected chi connectivity index (χ1v) is 10.1. The Labute approximate surface area is 171 Å². The molecule has 3 aromatic rings. The average molecular weight is 431 g/mol. The van der Waals surface area contributed by atoms with E-state index >= 15 is 0 Å². The highest BCUT2D eigenvalue weighted by Crippen LogP contribution is 2.25. The zero-order valence-electron chi connectivity index (χ0n) is 15.5. The monoisotopic (exact) mass is 431 g/mol. The summed E-state index contributed by atoms with van der Waals surface area (Å²) in [5.74, 6) is -0.109. The molecule has 2 N–H and O–H groups in total. The second kappa shape index (κ2) is 9.20. The highest BCUT2D eigenvalue weighted by molar-refractivity contribution is 7.89. The number of para-hydroxylation sites is 2. The Morgan fingerprint density at radius 3 is 2.47 bits per heavy atom. The van der Waals surface area contributed by atoms with Gasteiger partial charge in [-0.25, -0.2) is 13.1 Å². The van der Waals surface area contributed by atoms with Gasteiger partial charge in [0.15, 0.2) is 12.4 Å². The van der Waals surface area contributed by atoms with E-state index in [4.69, 9.17) is 9.15 Å². The highest BCUT2D eigenvalue weighted by atomic mass is 32.2. The fourth-order valence-electron chi connectivity index (χ4n) is 2.45. The van der Waals surface area contributed by atoms with Crippen LogP contribution < -0.4 is 14.8 Å². The molecule has 2 aromatic carbocycles. The molecule has 0 atom stereocenters. The summed E-state index contributed by atoms with van der Waals surface area (Å²) in [5, 5.41) is 13.5. The molecule has 1 heterocycles. The van der Waals surface area contributed by atoms with Gasteiger partial charge < -0.3 is 14.5 Å². The minimum Gasteiger partial charge on any atom is -0.477 e. The van der Waals surface area contributed by atoms with E-state index in [0.29, 0.717) is 11.4 Å². The Bertz CT molecular complexity index is 1130. The van der Waals surface area contributed by atoms with Gasteiger partial charge in [0.2, 0.25) is 10.0 Å². The van der Waals surface area contributed by atoms with Crippen LogP contribution in [0.15, 0.2) is 76.2 Å². The number of sulfonamides is 1. The maximum absolute atomic E-state index is 12.3. The smallest absolute Gasteiger partial charge is 0.310 e. The van der Waals surface area contributed by atoms with E-state index in [9.17, 15) is 23.3 Å². The van der Waals surface area contributed by atoms with Crippen molar-refractivity contribution in [2.45, 2.75) is 11.4 Å². The van der Waals surface area contributed by atoms with Gasteiger partial charge in [0.1, 0.15) is 5.76 Å². The third kappa shape index (κ3) is 5.43. The number of amides is 1. The van der Waals surface area contributed by atoms with Crippen LogP contribution >= 0.6 is 0 Å². The number of nitro groups is 1. The molecule has 0 bridgehead atoms. The quantitative estimate of drug-likeness (QED) is 0.392. The lowest BCUT2D eigenvalue weighted by molar-refractivity contribution is -0.385. The van der Waals surface area contributed by atoms with Crippen LogP contribution in [0.2, 0.25) is 0 Å². The van der Waals surface area contributed by atoms with Crippen LogP contribution in [0.25, 0.3) is 0 Å². The van der Waals surface area contributed by atoms with Crippen LogP contribution in [0.5, 0.6) is 5.75 Å². The summed E-state index contributed by atoms with van der Waals surface area (Å²) in [6.07, 6.45) is 1.45. The van der Waals surface area contributed by atoms with Crippen LogP contribution in [0.3, 0.4) is 0 Å². The van der Waals surface area contributed by atoms with Crippen molar-refractivity contribution in [1.82, 2.24) is 4.72 Å². The number of furan rings is 1. The minimum atomic E-state index is -3.75. The number of nitrogens with zero attached hydrogens (tertiary/aromatic N) is 1. The molecule has 11 heteroatoms. The second-order valence-electron chi connectivity index (χ2n) is 5.99. The van der Waals surface area contributed by atoms with E-state index in [1.165, 1.54) is 48.7 Å². The van der Waals surface area contributed by atoms with Crippen LogP contribution in [0.1, 0.15) is 5.76 Å². The first-order valence-electron chi connectivity index (χ1n) is 8.63. The Kier molecular flexibility index (Phi) is 6.45. The van der Waals surface area contributed by atoms with Crippen LogP contribution in [0, 0.1) is 10.1 Å². The zero-order valence-corrected chi connectivity index (χ0v) is 16.3. The summed E-state index contributed by atoms with van der Waals surface area (Å²) in [6.45, 7) is -0.438. The molecule has 0 saturated carbocycles. The summed E-state index contributed by atoms with van der Waals surface area (Å²) in [5.41, 5.74) is 0.0954. The third-order valence-corrected chi connectivity index (χ3v) is 5.30. The van der Waals surface area contributed by atoms with Crippen molar-refractivity contribution in [2.75, 3.05) is 11.9 Å². The van der Waals surface area contributed by atoms with Crippen LogP contribution in [-0.4, -0.2) is 25.9 Å². The number of benzene rings is 2. The van der Waals surface area contributed by atoms with Crippen LogP contribution in [0.4, 0.5) is 11.4 Å². The first-order chi connectivity index (χ1) is 14.3. The minimum absolute atomic E-state index is 0.0107. The molecule has 0 radical (unpaired) electrons. The van der Waals surface area contributed by atoms with Gasteiger partial charge in [-0.05, 0) is 42.5 Å². The van der Waals surface area contributed by atoms with E-state index in [-0.39, 0.29) is 22.9 Å². The molecule has 0 aliphatic heterocycles. The number of carbonyl (C=O) groups is 1. The largest absolute Gasteiger partial charge is 0.477 e. The summed E-state index contributed by atoms with van der Waals surface area (Å²) >= 11 is 0. The number of hydrogen-bond acceptors (Lipinski definition) is 7. The number of ether oxygens (including phenoxy) is 1. The summed E-state index contributed by atoms with van der Waals surface area (Å²) in [4.78, 5) is 22.4. The van der Waals surface area contributed by atoms with Gasteiger partial charge in [0.25, 0.3) is 5.91 Å². The predicted octanol–water partition coefficient (Wildman–Crippen LogP) is 2.68. The zero-order chi connectivity index (χ0) is 21.6. The lowest BCUT2D eigenvalue weighted by Gasteiger charge is -2.09. The fourth-order valence-corrected chi connectivity index (χ4v) is 3.44. The maximum Gasteiger partial charge on any atom is 0.310 e. The van der Waals surface area contributed by atoms with Crippen molar-refractivity contribution in [1.29, 1.82) is 0 Å². The Balaban J connectivity index is 1.56. The molecule has 156 valence electrons. The molecular weight excluding hydrogens is 414 g/mol. The molecule has 0 spiro atoms. The Morgan fingerprint density at radius 1 is 1.07 bits per heavy atom. The number of nitro benzene ring substituents is 1.